The Bertz CT molecular complexity index is 1120. The van der Waals surface area contributed by atoms with Crippen molar-refractivity contribution in [1.29, 1.82) is 0 Å². The van der Waals surface area contributed by atoms with Crippen molar-refractivity contribution in [3.05, 3.63) is 61.9 Å². The third-order valence-electron chi connectivity index (χ3n) is 5.73. The van der Waals surface area contributed by atoms with E-state index in [1.54, 1.807) is 32.9 Å². The monoisotopic (exact) mass is 544 g/mol. The van der Waals surface area contributed by atoms with Crippen LogP contribution in [0.15, 0.2) is 39.8 Å². The van der Waals surface area contributed by atoms with Gasteiger partial charge in [0.15, 0.2) is 5.78 Å². The molecular weight excluding hydrogens is 516 g/mol. The number of aryl methyl sites for hydroxylation is 1. The predicted octanol–water partition coefficient (Wildman–Crippen LogP) is 3.90. The summed E-state index contributed by atoms with van der Waals surface area (Å²) in [5, 5.41) is 12.1. The van der Waals surface area contributed by atoms with Gasteiger partial charge >= 0.3 is 0 Å². The molecule has 0 saturated carbocycles. The molecule has 0 N–H and O–H groups in total. The molecule has 33 heavy (non-hydrogen) atoms. The first kappa shape index (κ1) is 27.2. The molecule has 0 aliphatic heterocycles. The van der Waals surface area contributed by atoms with Crippen molar-refractivity contribution < 1.29 is 27.6 Å². The highest BCUT2D eigenvalue weighted by atomic mass is 79.9. The number of Topliss-reactive ketones (excluding diaryl/α,β-unsaturated/α-hetero) is 1. The van der Waals surface area contributed by atoms with Gasteiger partial charge in [0.25, 0.3) is 10.0 Å². The van der Waals surface area contributed by atoms with Crippen LogP contribution in [0, 0.1) is 29.4 Å². The molecule has 2 aromatic rings. The molecule has 1 heterocycles. The number of halogens is 1. The van der Waals surface area contributed by atoms with Crippen LogP contribution >= 0.6 is 15.9 Å². The van der Waals surface area contributed by atoms with Gasteiger partial charge in [-0.3, -0.25) is 14.9 Å². The first-order valence-electron chi connectivity index (χ1n) is 10.2. The van der Waals surface area contributed by atoms with Crippen molar-refractivity contribution in [3.63, 3.8) is 0 Å². The zero-order valence-electron chi connectivity index (χ0n) is 19.5. The fourth-order valence-corrected chi connectivity index (χ4v) is 5.71. The zero-order chi connectivity index (χ0) is 25.1. The third kappa shape index (κ3) is 5.89. The van der Waals surface area contributed by atoms with Crippen LogP contribution in [0.4, 0.5) is 0 Å². The lowest BCUT2D eigenvalue weighted by atomic mass is 9.77. The highest BCUT2D eigenvalue weighted by Gasteiger charge is 2.43. The number of ether oxygens (including phenoxy) is 2. The van der Waals surface area contributed by atoms with Crippen LogP contribution in [0.5, 0.6) is 0 Å². The Morgan fingerprint density at radius 3 is 2.21 bits per heavy atom. The van der Waals surface area contributed by atoms with Crippen molar-refractivity contribution in [2.24, 2.45) is 5.41 Å². The summed E-state index contributed by atoms with van der Waals surface area (Å²) in [6.45, 7) is 6.75. The topological polar surface area (TPSA) is 118 Å². The summed E-state index contributed by atoms with van der Waals surface area (Å²) in [7, 11) is -1.37. The van der Waals surface area contributed by atoms with Gasteiger partial charge in [-0.15, -0.1) is 0 Å². The molecule has 0 saturated heterocycles. The molecule has 11 heteroatoms. The van der Waals surface area contributed by atoms with Crippen molar-refractivity contribution in [2.45, 2.75) is 57.8 Å². The average Bonchev–Trinajstić information content (AvgIpc) is 3.01. The lowest BCUT2D eigenvalue weighted by Crippen LogP contribution is -2.42. The van der Waals surface area contributed by atoms with E-state index >= 15 is 0 Å². The van der Waals surface area contributed by atoms with Gasteiger partial charge in [-0.2, -0.15) is 0 Å². The first-order valence-corrected chi connectivity index (χ1v) is 12.4. The Labute approximate surface area is 202 Å². The van der Waals surface area contributed by atoms with Gasteiger partial charge in [-0.1, -0.05) is 31.5 Å². The molecule has 0 spiro atoms. The standard InChI is InChI=1S/C22H29BrN2O7S/c1-14-7-9-16(10-8-14)33(29,30)24-13-17(23)15(2)18(24)11-20(25(27)28)22(3,4)12-19(26)21(31-5)32-6/h7-10,13,20-21H,11-12H2,1-6H3. The maximum atomic E-state index is 13.4. The molecule has 0 radical (unpaired) electrons. The Morgan fingerprint density at radius 1 is 1.18 bits per heavy atom. The van der Waals surface area contributed by atoms with Crippen molar-refractivity contribution >= 4 is 31.7 Å². The number of ketones is 1. The Kier molecular flexibility index (Phi) is 8.61. The molecule has 0 bridgehead atoms. The van der Waals surface area contributed by atoms with Gasteiger partial charge in [-0.25, -0.2) is 12.4 Å². The fourth-order valence-electron chi connectivity index (χ4n) is 3.69. The van der Waals surface area contributed by atoms with Crippen molar-refractivity contribution in [1.82, 2.24) is 3.97 Å². The summed E-state index contributed by atoms with van der Waals surface area (Å²) in [4.78, 5) is 24.2. The van der Waals surface area contributed by atoms with Crippen molar-refractivity contribution in [3.8, 4) is 0 Å². The van der Waals surface area contributed by atoms with Crippen LogP contribution in [0.2, 0.25) is 0 Å². The molecule has 182 valence electrons. The largest absolute Gasteiger partial charge is 0.349 e. The van der Waals surface area contributed by atoms with E-state index < -0.39 is 38.5 Å². The van der Waals surface area contributed by atoms with E-state index in [1.165, 1.54) is 32.5 Å². The second-order valence-electron chi connectivity index (χ2n) is 8.60. The molecule has 0 aliphatic rings. The summed E-state index contributed by atoms with van der Waals surface area (Å²) in [5.74, 6) is -0.433. The lowest BCUT2D eigenvalue weighted by molar-refractivity contribution is -0.540. The van der Waals surface area contributed by atoms with Crippen LogP contribution in [-0.2, 0) is 30.7 Å². The second-order valence-corrected chi connectivity index (χ2v) is 11.3. The summed E-state index contributed by atoms with van der Waals surface area (Å²) >= 11 is 3.36. The second kappa shape index (κ2) is 10.5. The van der Waals surface area contributed by atoms with E-state index in [-0.39, 0.29) is 23.4 Å². The van der Waals surface area contributed by atoms with Crippen LogP contribution in [0.3, 0.4) is 0 Å². The summed E-state index contributed by atoms with van der Waals surface area (Å²) in [5.41, 5.74) is 0.646. The number of rotatable bonds is 11. The maximum Gasteiger partial charge on any atom is 0.267 e. The number of hydrogen-bond acceptors (Lipinski definition) is 7. The fraction of sp³-hybridized carbons (Fsp3) is 0.500. The van der Waals surface area contributed by atoms with E-state index in [0.717, 1.165) is 9.54 Å². The van der Waals surface area contributed by atoms with Crippen LogP contribution in [0.25, 0.3) is 0 Å². The molecule has 1 aromatic heterocycles. The Hall–Kier alpha value is -2.08. The molecule has 0 amide bonds. The van der Waals surface area contributed by atoms with Gasteiger partial charge < -0.3 is 9.47 Å². The number of aromatic nitrogens is 1. The molecule has 1 unspecified atom stereocenters. The van der Waals surface area contributed by atoms with Crippen molar-refractivity contribution in [2.75, 3.05) is 14.2 Å². The summed E-state index contributed by atoms with van der Waals surface area (Å²) in [6.07, 6.45) is -0.101. The molecule has 9 nitrogen and oxygen atoms in total. The Balaban J connectivity index is 2.50. The minimum Gasteiger partial charge on any atom is -0.349 e. The number of benzene rings is 1. The highest BCUT2D eigenvalue weighted by Crippen LogP contribution is 2.34. The minimum absolute atomic E-state index is 0.0759. The Morgan fingerprint density at radius 2 is 1.73 bits per heavy atom. The van der Waals surface area contributed by atoms with Crippen LogP contribution in [0.1, 0.15) is 37.1 Å². The van der Waals surface area contributed by atoms with E-state index in [9.17, 15) is 23.3 Å². The average molecular weight is 545 g/mol. The number of nitro groups is 1. The number of carbonyl (C=O) groups excluding carboxylic acids is 1. The summed E-state index contributed by atoms with van der Waals surface area (Å²) < 4.78 is 38.3. The van der Waals surface area contributed by atoms with Gasteiger partial charge in [0.2, 0.25) is 12.3 Å². The quantitative estimate of drug-likeness (QED) is 0.239. The number of methoxy groups -OCH3 is 2. The highest BCUT2D eigenvalue weighted by molar-refractivity contribution is 9.10. The maximum absolute atomic E-state index is 13.4. The number of carbonyl (C=O) groups is 1. The predicted molar refractivity (Wildman–Crippen MR) is 126 cm³/mol. The minimum atomic E-state index is -3.99. The van der Waals surface area contributed by atoms with Gasteiger partial charge in [0.1, 0.15) is 0 Å². The molecule has 0 aliphatic carbocycles. The van der Waals surface area contributed by atoms with E-state index in [0.29, 0.717) is 10.0 Å². The number of nitrogens with zero attached hydrogens (tertiary/aromatic N) is 2. The molecule has 1 aromatic carbocycles. The first-order chi connectivity index (χ1) is 15.3. The van der Waals surface area contributed by atoms with E-state index in [1.807, 2.05) is 6.92 Å². The summed E-state index contributed by atoms with van der Waals surface area (Å²) in [6, 6.07) is 5.13. The smallest absolute Gasteiger partial charge is 0.267 e. The lowest BCUT2D eigenvalue weighted by Gasteiger charge is -2.29. The zero-order valence-corrected chi connectivity index (χ0v) is 21.9. The molecule has 0 fully saturated rings. The number of hydrogen-bond donors (Lipinski definition) is 0. The van der Waals surface area contributed by atoms with Gasteiger partial charge in [0.05, 0.1) is 11.3 Å². The third-order valence-corrected chi connectivity index (χ3v) is 8.24. The SMILES string of the molecule is COC(OC)C(=O)CC(C)(C)C(Cc1c(C)c(Br)cn1S(=O)(=O)c1ccc(C)cc1)[N+](=O)[O-]. The van der Waals surface area contributed by atoms with Gasteiger partial charge in [0, 0.05) is 47.3 Å². The molecule has 1 atom stereocenters. The van der Waals surface area contributed by atoms with Gasteiger partial charge in [-0.05, 0) is 47.5 Å². The van der Waals surface area contributed by atoms with Crippen LogP contribution < -0.4 is 0 Å². The molecular formula is C22H29BrN2O7S. The molecule has 2 rings (SSSR count). The van der Waals surface area contributed by atoms with Crippen LogP contribution in [-0.4, -0.2) is 49.6 Å². The normalized spacial score (nSPS) is 13.3. The van der Waals surface area contributed by atoms with E-state index in [4.69, 9.17) is 9.47 Å². The van der Waals surface area contributed by atoms with E-state index in [2.05, 4.69) is 15.9 Å².